The lowest BCUT2D eigenvalue weighted by molar-refractivity contribution is -0.144. The number of carbonyl (C=O) groups excluding carboxylic acids is 16. The average Bonchev–Trinajstić information content (AvgIpc) is 1.66. The van der Waals surface area contributed by atoms with Gasteiger partial charge in [-0.1, -0.05) is 90.4 Å². The number of imidazole rings is 1. The van der Waals surface area contributed by atoms with Gasteiger partial charge in [-0.2, -0.15) is 0 Å². The van der Waals surface area contributed by atoms with E-state index in [1.807, 2.05) is 0 Å². The van der Waals surface area contributed by atoms with E-state index >= 15 is 14.4 Å². The van der Waals surface area contributed by atoms with Gasteiger partial charge in [0.15, 0.2) is 0 Å². The number of carbonyl (C=O) groups is 18. The number of phenolic OH excluding ortho intramolecular Hbond substituents is 1. The number of carboxylic acids is 2. The fourth-order valence-corrected chi connectivity index (χ4v) is 14.7. The van der Waals surface area contributed by atoms with Crippen LogP contribution in [0.25, 0.3) is 0 Å². The first-order valence-corrected chi connectivity index (χ1v) is 45.9. The SMILES string of the molecule is CC[C@H](C)[C@H](NC(=O)[C@H](CCCCN)NC(=O)[C@H](CCCCN)NC(=O)[C@H](CCC(N)=O)NC(=O)[C@H](CC(C)C)NC(=O)[C@@H](NC(=O)[C@H](C)NC(=O)[C@@H](N)CO)C(C)C)C(=O)N[C@H](C(=O)N[C@@H](CC(=O)O)C(=O)N[C@@H](Cc1ccc(O)cc1)C(=O)N[C@@H](Cc1ccccc1)C(=O)N[C@@H](Cc1cnc[nH]1)C(=O)N1CCC[C@H]1C(=O)N[C@@H](CCCCN)C(=O)N[C@@H](CCCCN)C(=O)O)[C@@H](C)O. The van der Waals surface area contributed by atoms with Crippen molar-refractivity contribution in [1.29, 1.82) is 0 Å². The molecule has 16 amide bonds. The molecule has 32 N–H and O–H groups in total. The van der Waals surface area contributed by atoms with E-state index < -0.39 is 253 Å². The van der Waals surface area contributed by atoms with Gasteiger partial charge < -0.3 is 144 Å². The zero-order valence-corrected chi connectivity index (χ0v) is 78.1. The Morgan fingerprint density at radius 2 is 0.889 bits per heavy atom. The normalized spacial score (nSPS) is 16.2. The van der Waals surface area contributed by atoms with Crippen molar-refractivity contribution in [1.82, 2.24) is 89.3 Å². The zero-order valence-electron chi connectivity index (χ0n) is 78.1. The van der Waals surface area contributed by atoms with Gasteiger partial charge in [0, 0.05) is 44.1 Å². The summed E-state index contributed by atoms with van der Waals surface area (Å²) in [5.41, 5.74) is 35.3. The lowest BCUT2D eigenvalue weighted by Crippen LogP contribution is -2.63. The van der Waals surface area contributed by atoms with Gasteiger partial charge in [-0.3, -0.25) is 81.5 Å². The lowest BCUT2D eigenvalue weighted by atomic mass is 9.96. The maximum atomic E-state index is 15.2. The van der Waals surface area contributed by atoms with E-state index in [0.717, 1.165) is 6.92 Å². The molecule has 46 heteroatoms. The number of unbranched alkanes of at least 4 members (excludes halogenated alkanes) is 4. The van der Waals surface area contributed by atoms with Crippen LogP contribution < -0.4 is 109 Å². The molecule has 0 saturated carbocycles. The van der Waals surface area contributed by atoms with Crippen molar-refractivity contribution in [2.24, 2.45) is 52.2 Å². The third-order valence-corrected chi connectivity index (χ3v) is 22.7. The molecule has 0 aliphatic carbocycles. The van der Waals surface area contributed by atoms with Gasteiger partial charge in [-0.15, -0.1) is 0 Å². The standard InChI is InChI=1S/C89H143N23O23/c1-9-50(6)72(110-79(124)60(26-15-19-37-92)100-76(121)58(24-13-17-35-90)99-78(123)61(33-34-69(95)116)101-80(125)63(40-48(2)3)106-85(130)71(49(4)5)109-74(119)51(7)98-75(120)57(94)46-113)86(131)111-73(52(8)114)87(132)107-66(44-70(117)118)83(128)105-65(42-54-29-31-56(115)32-30-54)81(126)104-64(41-53-22-11-10-12-23-53)82(127)108-67(43-55-45-96-47-97-55)88(133)112-39-21-28-68(112)84(129)102-59(25-14-18-36-91)77(122)103-62(89(134)135)27-16-20-38-93/h10-12,22-23,29-32,45,47-52,57-68,71-73,113-115H,9,13-21,24-28,33-44,46,90-94H2,1-8H3,(H2,95,116)(H,96,97)(H,98,120)(H,99,123)(H,100,121)(H,101,125)(H,102,129)(H,103,122)(H,104,126)(H,105,128)(H,106,130)(H,107,132)(H,108,127)(H,109,119)(H,110,124)(H,111,131)(H,117,118)(H,134,135)/t50-,51-,52+,57-,58-,59-,60-,61-,62-,63-,64-,65-,66-,67-,68-,71-,72-,73-/m0/s1. The number of aromatic hydroxyl groups is 1. The number of aromatic amines is 1. The van der Waals surface area contributed by atoms with Crippen molar-refractivity contribution >= 4 is 106 Å². The number of likely N-dealkylation sites (tertiary alicyclic amines) is 1. The van der Waals surface area contributed by atoms with Gasteiger partial charge in [-0.25, -0.2) is 9.78 Å². The van der Waals surface area contributed by atoms with E-state index in [1.54, 1.807) is 71.9 Å². The molecule has 0 unspecified atom stereocenters. The summed E-state index contributed by atoms with van der Waals surface area (Å²) in [6, 6.07) is -10.9. The molecule has 1 aromatic heterocycles. The van der Waals surface area contributed by atoms with E-state index in [9.17, 15) is 97.5 Å². The van der Waals surface area contributed by atoms with Crippen molar-refractivity contribution in [2.45, 2.75) is 299 Å². The molecule has 46 nitrogen and oxygen atoms in total. The van der Waals surface area contributed by atoms with Crippen molar-refractivity contribution in [3.8, 4) is 5.75 Å². The highest BCUT2D eigenvalue weighted by Gasteiger charge is 2.44. The number of H-pyrrole nitrogens is 1. The first-order valence-electron chi connectivity index (χ1n) is 45.9. The molecule has 0 spiro atoms. The third-order valence-electron chi connectivity index (χ3n) is 22.7. The molecule has 4 rings (SSSR count). The number of nitrogens with two attached hydrogens (primary N) is 6. The van der Waals surface area contributed by atoms with Crippen LogP contribution in [0.3, 0.4) is 0 Å². The van der Waals surface area contributed by atoms with Crippen LogP contribution >= 0.6 is 0 Å². The molecule has 0 radical (unpaired) electrons. The second-order valence-corrected chi connectivity index (χ2v) is 34.7. The van der Waals surface area contributed by atoms with E-state index in [1.165, 1.54) is 48.6 Å². The van der Waals surface area contributed by atoms with Crippen LogP contribution in [0, 0.1) is 17.8 Å². The third kappa shape index (κ3) is 40.4. The number of nitrogens with zero attached hydrogens (tertiary/aromatic N) is 2. The van der Waals surface area contributed by atoms with Crippen LogP contribution in [0.15, 0.2) is 67.1 Å². The van der Waals surface area contributed by atoms with E-state index in [2.05, 4.69) is 84.4 Å². The molecule has 3 aromatic rings. The van der Waals surface area contributed by atoms with Crippen molar-refractivity contribution < 1.29 is 112 Å². The predicted octanol–water partition coefficient (Wildman–Crippen LogP) is -5.27. The van der Waals surface area contributed by atoms with Gasteiger partial charge in [0.2, 0.25) is 94.5 Å². The molecule has 1 aliphatic heterocycles. The van der Waals surface area contributed by atoms with Crippen molar-refractivity contribution in [2.75, 3.05) is 39.3 Å². The van der Waals surface area contributed by atoms with Crippen LogP contribution in [-0.4, -0.2) is 289 Å². The van der Waals surface area contributed by atoms with Crippen molar-refractivity contribution in [3.05, 3.63) is 83.9 Å². The number of hydrogen-bond acceptors (Lipinski definition) is 27. The summed E-state index contributed by atoms with van der Waals surface area (Å²) in [6.07, 6.45) is 0.736. The van der Waals surface area contributed by atoms with Crippen molar-refractivity contribution in [3.63, 3.8) is 0 Å². The first-order chi connectivity index (χ1) is 64.0. The Morgan fingerprint density at radius 3 is 1.36 bits per heavy atom. The Kier molecular flexibility index (Phi) is 51.2. The monoisotopic (exact) mass is 1900 g/mol. The Hall–Kier alpha value is -12.4. The van der Waals surface area contributed by atoms with Crippen LogP contribution in [0.4, 0.5) is 0 Å². The molecule has 1 aliphatic rings. The number of amides is 16. The number of aromatic nitrogens is 2. The quantitative estimate of drug-likeness (QED) is 0.0235. The number of phenols is 1. The molecule has 2 heterocycles. The minimum Gasteiger partial charge on any atom is -0.508 e. The number of carboxylic acid groups (broad SMARTS) is 2. The van der Waals surface area contributed by atoms with Gasteiger partial charge in [0.05, 0.1) is 25.5 Å². The minimum absolute atomic E-state index is 0.00753. The topological polar surface area (TPSA) is 765 Å². The zero-order chi connectivity index (χ0) is 101. The highest BCUT2D eigenvalue weighted by atomic mass is 16.4. The number of rotatable bonds is 64. The minimum atomic E-state index is -2.14. The number of aliphatic carboxylic acids is 2. The number of nitrogens with one attached hydrogen (secondary N) is 15. The highest BCUT2D eigenvalue weighted by molar-refractivity contribution is 6.02. The van der Waals surface area contributed by atoms with Crippen LogP contribution in [-0.2, 0) is 106 Å². The summed E-state index contributed by atoms with van der Waals surface area (Å²) in [5, 5.41) is 87.0. The fraction of sp³-hybridized carbons (Fsp3) is 0.629. The summed E-state index contributed by atoms with van der Waals surface area (Å²) in [6.45, 7) is 12.3. The summed E-state index contributed by atoms with van der Waals surface area (Å²) in [4.78, 5) is 262. The fourth-order valence-electron chi connectivity index (χ4n) is 14.7. The highest BCUT2D eigenvalue weighted by Crippen LogP contribution is 2.23. The Bertz CT molecular complexity index is 4360. The first kappa shape index (κ1) is 115. The maximum Gasteiger partial charge on any atom is 0.326 e. The number of hydrogen-bond donors (Lipinski definition) is 26. The van der Waals surface area contributed by atoms with Gasteiger partial charge in [0.1, 0.15) is 102 Å². The molecule has 752 valence electrons. The smallest absolute Gasteiger partial charge is 0.326 e. The number of aliphatic hydroxyl groups excluding tert-OH is 2. The van der Waals surface area contributed by atoms with E-state index in [-0.39, 0.29) is 120 Å². The van der Waals surface area contributed by atoms with Gasteiger partial charge in [-0.05, 0) is 184 Å². The Morgan fingerprint density at radius 1 is 0.467 bits per heavy atom. The van der Waals surface area contributed by atoms with Crippen LogP contribution in [0.5, 0.6) is 5.75 Å². The van der Waals surface area contributed by atoms with Crippen LogP contribution in [0.2, 0.25) is 0 Å². The molecule has 18 atom stereocenters. The Labute approximate surface area is 784 Å². The van der Waals surface area contributed by atoms with E-state index in [4.69, 9.17) is 34.4 Å². The Balaban J connectivity index is 1.66. The second-order valence-electron chi connectivity index (χ2n) is 34.7. The molecule has 1 fully saturated rings. The summed E-state index contributed by atoms with van der Waals surface area (Å²) in [5.74, 6) is -20.4. The van der Waals surface area contributed by atoms with E-state index in [0.29, 0.717) is 56.3 Å². The molecule has 2 aromatic carbocycles. The second kappa shape index (κ2) is 60.1. The predicted molar refractivity (Wildman–Crippen MR) is 492 cm³/mol. The van der Waals surface area contributed by atoms with Gasteiger partial charge in [0.25, 0.3) is 0 Å². The molecular weight excluding hydrogens is 1760 g/mol. The largest absolute Gasteiger partial charge is 0.508 e. The summed E-state index contributed by atoms with van der Waals surface area (Å²) in [7, 11) is 0. The molecule has 1 saturated heterocycles. The molecule has 0 bridgehead atoms. The maximum absolute atomic E-state index is 15.2. The number of aliphatic hydroxyl groups is 2. The van der Waals surface area contributed by atoms with Gasteiger partial charge >= 0.3 is 11.9 Å². The molecular formula is C89H143N23O23. The lowest BCUT2D eigenvalue weighted by Gasteiger charge is -2.31. The average molecular weight is 1900 g/mol. The molecule has 135 heavy (non-hydrogen) atoms. The number of benzene rings is 2. The van der Waals surface area contributed by atoms with Crippen LogP contribution in [0.1, 0.15) is 194 Å². The summed E-state index contributed by atoms with van der Waals surface area (Å²) >= 11 is 0. The summed E-state index contributed by atoms with van der Waals surface area (Å²) < 4.78 is 0. The number of primary amides is 1.